The molecular formula is C26H30FN3O5. The number of amides is 1. The average molecular weight is 484 g/mol. The second-order valence-corrected chi connectivity index (χ2v) is 9.01. The maximum Gasteiger partial charge on any atom is 0.305 e. The fraction of sp³-hybridized carbons (Fsp3) is 0.346. The molecular weight excluding hydrogens is 453 g/mol. The number of aliphatic carboxylic acids is 1. The van der Waals surface area contributed by atoms with Crippen LogP contribution < -0.4 is 10.1 Å². The predicted octanol–water partition coefficient (Wildman–Crippen LogP) is 4.05. The molecule has 2 atom stereocenters. The van der Waals surface area contributed by atoms with Crippen LogP contribution in [0.4, 0.5) is 4.39 Å². The minimum Gasteiger partial charge on any atom is -0.481 e. The Morgan fingerprint density at radius 2 is 1.83 bits per heavy atom. The molecule has 3 rings (SSSR count). The topological polar surface area (TPSA) is 114 Å². The van der Waals surface area contributed by atoms with Crippen molar-refractivity contribution in [2.45, 2.75) is 45.8 Å². The SMILES string of the molecule is Cc1ccccc1C(CC(=O)O)NC(=O)c1cc(OCC(C)(O)C(C)C)n(-c2ccccc2F)n1. The Labute approximate surface area is 203 Å². The minimum atomic E-state index is -1.18. The lowest BCUT2D eigenvalue weighted by Crippen LogP contribution is -2.38. The summed E-state index contributed by atoms with van der Waals surface area (Å²) in [6.07, 6.45) is -0.328. The van der Waals surface area contributed by atoms with Crippen LogP contribution >= 0.6 is 0 Å². The van der Waals surface area contributed by atoms with Gasteiger partial charge in [0.1, 0.15) is 18.1 Å². The van der Waals surface area contributed by atoms with Crippen molar-refractivity contribution in [3.8, 4) is 11.6 Å². The fourth-order valence-corrected chi connectivity index (χ4v) is 3.38. The highest BCUT2D eigenvalue weighted by Gasteiger charge is 2.28. The number of hydrogen-bond donors (Lipinski definition) is 3. The number of ether oxygens (including phenoxy) is 1. The number of aliphatic hydroxyl groups is 1. The number of nitrogens with one attached hydrogen (secondary N) is 1. The van der Waals surface area contributed by atoms with Gasteiger partial charge >= 0.3 is 5.97 Å². The van der Waals surface area contributed by atoms with Gasteiger partial charge in [0.05, 0.1) is 18.1 Å². The molecule has 0 aliphatic rings. The molecule has 0 radical (unpaired) electrons. The van der Waals surface area contributed by atoms with Crippen LogP contribution in [-0.4, -0.2) is 44.1 Å². The normalized spacial score (nSPS) is 13.8. The number of hydrogen-bond acceptors (Lipinski definition) is 5. The monoisotopic (exact) mass is 483 g/mol. The Bertz CT molecular complexity index is 1210. The molecule has 0 spiro atoms. The molecule has 0 bridgehead atoms. The van der Waals surface area contributed by atoms with Crippen molar-refractivity contribution in [1.82, 2.24) is 15.1 Å². The summed E-state index contributed by atoms with van der Waals surface area (Å²) in [5, 5.41) is 26.9. The van der Waals surface area contributed by atoms with Gasteiger partial charge in [0.25, 0.3) is 5.91 Å². The Hall–Kier alpha value is -3.72. The Morgan fingerprint density at radius 1 is 1.17 bits per heavy atom. The first kappa shape index (κ1) is 25.9. The number of carboxylic acids is 1. The zero-order valence-corrected chi connectivity index (χ0v) is 20.2. The summed E-state index contributed by atoms with van der Waals surface area (Å²) < 4.78 is 21.5. The van der Waals surface area contributed by atoms with Crippen molar-refractivity contribution in [3.63, 3.8) is 0 Å². The third kappa shape index (κ3) is 6.24. The highest BCUT2D eigenvalue weighted by molar-refractivity contribution is 5.93. The molecule has 0 saturated carbocycles. The van der Waals surface area contributed by atoms with Crippen LogP contribution in [0.25, 0.3) is 5.69 Å². The molecule has 3 N–H and O–H groups in total. The lowest BCUT2D eigenvalue weighted by molar-refractivity contribution is -0.137. The summed E-state index contributed by atoms with van der Waals surface area (Å²) in [5.41, 5.74) is 0.296. The molecule has 0 aliphatic carbocycles. The molecule has 0 saturated heterocycles. The van der Waals surface area contributed by atoms with E-state index in [2.05, 4.69) is 10.4 Å². The van der Waals surface area contributed by atoms with Crippen molar-refractivity contribution < 1.29 is 28.9 Å². The van der Waals surface area contributed by atoms with Gasteiger partial charge in [-0.25, -0.2) is 4.39 Å². The van der Waals surface area contributed by atoms with Gasteiger partial charge in [-0.3, -0.25) is 9.59 Å². The molecule has 2 aromatic carbocycles. The summed E-state index contributed by atoms with van der Waals surface area (Å²) in [4.78, 5) is 24.6. The summed E-state index contributed by atoms with van der Waals surface area (Å²) in [6.45, 7) is 7.01. The third-order valence-electron chi connectivity index (χ3n) is 5.99. The molecule has 186 valence electrons. The molecule has 9 heteroatoms. The Morgan fingerprint density at radius 3 is 2.46 bits per heavy atom. The van der Waals surface area contributed by atoms with Gasteiger partial charge in [0.15, 0.2) is 5.69 Å². The third-order valence-corrected chi connectivity index (χ3v) is 5.99. The maximum absolute atomic E-state index is 14.6. The van der Waals surface area contributed by atoms with Crippen LogP contribution in [0.15, 0.2) is 54.6 Å². The van der Waals surface area contributed by atoms with Crippen LogP contribution in [0.1, 0.15) is 54.8 Å². The zero-order valence-electron chi connectivity index (χ0n) is 20.2. The van der Waals surface area contributed by atoms with E-state index < -0.39 is 29.3 Å². The van der Waals surface area contributed by atoms with E-state index in [9.17, 15) is 24.2 Å². The first-order valence-electron chi connectivity index (χ1n) is 11.3. The second-order valence-electron chi connectivity index (χ2n) is 9.01. The number of rotatable bonds is 10. The van der Waals surface area contributed by atoms with Gasteiger partial charge in [-0.15, -0.1) is 0 Å². The van der Waals surface area contributed by atoms with Gasteiger partial charge in [-0.2, -0.15) is 9.78 Å². The van der Waals surface area contributed by atoms with E-state index in [1.807, 2.05) is 32.9 Å². The van der Waals surface area contributed by atoms with E-state index in [0.717, 1.165) is 10.2 Å². The van der Waals surface area contributed by atoms with Gasteiger partial charge in [0.2, 0.25) is 5.88 Å². The van der Waals surface area contributed by atoms with E-state index in [0.29, 0.717) is 5.56 Å². The number of carbonyl (C=O) groups excluding carboxylic acids is 1. The number of halogens is 1. The quantitative estimate of drug-likeness (QED) is 0.401. The smallest absolute Gasteiger partial charge is 0.305 e. The van der Waals surface area contributed by atoms with Crippen molar-refractivity contribution in [2.24, 2.45) is 5.92 Å². The summed E-state index contributed by atoms with van der Waals surface area (Å²) in [7, 11) is 0. The molecule has 2 unspecified atom stereocenters. The van der Waals surface area contributed by atoms with Crippen LogP contribution in [0.3, 0.4) is 0 Å². The first-order chi connectivity index (χ1) is 16.5. The van der Waals surface area contributed by atoms with Gasteiger partial charge < -0.3 is 20.3 Å². The number of carboxylic acid groups (broad SMARTS) is 1. The second kappa shape index (κ2) is 10.7. The summed E-state index contributed by atoms with van der Waals surface area (Å²) >= 11 is 0. The molecule has 35 heavy (non-hydrogen) atoms. The van der Waals surface area contributed by atoms with E-state index in [-0.39, 0.29) is 36.2 Å². The van der Waals surface area contributed by atoms with Crippen molar-refractivity contribution in [2.75, 3.05) is 6.61 Å². The van der Waals surface area contributed by atoms with Crippen LogP contribution in [-0.2, 0) is 4.79 Å². The highest BCUT2D eigenvalue weighted by atomic mass is 19.1. The average Bonchev–Trinajstić information content (AvgIpc) is 3.22. The molecule has 1 amide bonds. The van der Waals surface area contributed by atoms with Gasteiger partial charge in [-0.05, 0) is 43.0 Å². The molecule has 0 aliphatic heterocycles. The number of aromatic nitrogens is 2. The number of benzene rings is 2. The lowest BCUT2D eigenvalue weighted by atomic mass is 9.94. The van der Waals surface area contributed by atoms with Crippen molar-refractivity contribution >= 4 is 11.9 Å². The standard InChI is InChI=1S/C26H30FN3O5/c1-16(2)26(4,34)15-35-23-13-21(29-30(23)22-12-8-7-11-19(22)27)25(33)28-20(14-24(31)32)18-10-6-5-9-17(18)3/h5-13,16,20,34H,14-15H2,1-4H3,(H,28,33)(H,31,32). The van der Waals surface area contributed by atoms with E-state index in [1.165, 1.54) is 24.3 Å². The lowest BCUT2D eigenvalue weighted by Gasteiger charge is -2.27. The van der Waals surface area contributed by atoms with E-state index in [1.54, 1.807) is 25.1 Å². The zero-order chi connectivity index (χ0) is 25.8. The highest BCUT2D eigenvalue weighted by Crippen LogP contribution is 2.26. The fourth-order valence-electron chi connectivity index (χ4n) is 3.38. The Balaban J connectivity index is 1.96. The largest absolute Gasteiger partial charge is 0.481 e. The Kier molecular flexibility index (Phi) is 7.91. The van der Waals surface area contributed by atoms with E-state index in [4.69, 9.17) is 4.74 Å². The summed E-state index contributed by atoms with van der Waals surface area (Å²) in [6, 6.07) is 13.6. The van der Waals surface area contributed by atoms with Crippen molar-refractivity contribution in [3.05, 3.63) is 77.2 Å². The van der Waals surface area contributed by atoms with Crippen LogP contribution in [0.5, 0.6) is 5.88 Å². The molecule has 8 nitrogen and oxygen atoms in total. The number of para-hydroxylation sites is 1. The predicted molar refractivity (Wildman–Crippen MR) is 128 cm³/mol. The number of carbonyl (C=O) groups is 2. The van der Waals surface area contributed by atoms with E-state index >= 15 is 0 Å². The number of nitrogens with zero attached hydrogens (tertiary/aromatic N) is 2. The minimum absolute atomic E-state index is 0.0618. The maximum atomic E-state index is 14.6. The molecule has 1 heterocycles. The van der Waals surface area contributed by atoms with Gasteiger partial charge in [-0.1, -0.05) is 50.2 Å². The molecule has 0 fully saturated rings. The number of aryl methyl sites for hydroxylation is 1. The van der Waals surface area contributed by atoms with Crippen molar-refractivity contribution in [1.29, 1.82) is 0 Å². The van der Waals surface area contributed by atoms with Gasteiger partial charge in [0, 0.05) is 6.07 Å². The molecule has 1 aromatic heterocycles. The van der Waals surface area contributed by atoms with Crippen LogP contribution in [0.2, 0.25) is 0 Å². The van der Waals surface area contributed by atoms with Crippen LogP contribution in [0, 0.1) is 18.7 Å². The molecule has 3 aromatic rings. The first-order valence-corrected chi connectivity index (χ1v) is 11.3. The summed E-state index contributed by atoms with van der Waals surface area (Å²) in [5.74, 6) is -2.36.